The number of nitrogens with one attached hydrogen (secondary N) is 2. The summed E-state index contributed by atoms with van der Waals surface area (Å²) in [6, 6.07) is 5.36. The minimum absolute atomic E-state index is 0.241. The number of carbonyl (C=O) groups is 1. The van der Waals surface area contributed by atoms with Crippen molar-refractivity contribution in [3.8, 4) is 0 Å². The second kappa shape index (κ2) is 8.69. The fourth-order valence-electron chi connectivity index (χ4n) is 3.04. The molecular weight excluding hydrogens is 429 g/mol. The predicted molar refractivity (Wildman–Crippen MR) is 102 cm³/mol. The molecule has 30 heavy (non-hydrogen) atoms. The average molecular weight is 445 g/mol. The second-order valence-electron chi connectivity index (χ2n) is 6.58. The fraction of sp³-hybridized carbons (Fsp3) is 0.353. The highest BCUT2D eigenvalue weighted by atomic mass is 35.5. The smallest absolute Gasteiger partial charge is 0.355 e. The molecular formula is C17H16ClF3N6O3. The van der Waals surface area contributed by atoms with E-state index in [1.807, 2.05) is 4.90 Å². The van der Waals surface area contributed by atoms with E-state index in [0.717, 1.165) is 6.07 Å². The van der Waals surface area contributed by atoms with Crippen LogP contribution >= 0.6 is 11.6 Å². The van der Waals surface area contributed by atoms with Crippen LogP contribution in [0.3, 0.4) is 0 Å². The lowest BCUT2D eigenvalue weighted by molar-refractivity contribution is -0.384. The third-order valence-corrected chi connectivity index (χ3v) is 4.85. The van der Waals surface area contributed by atoms with Gasteiger partial charge < -0.3 is 4.90 Å². The van der Waals surface area contributed by atoms with Crippen molar-refractivity contribution in [2.45, 2.75) is 19.0 Å². The number of hydrogen-bond donors (Lipinski definition) is 2. The van der Waals surface area contributed by atoms with E-state index in [9.17, 15) is 28.1 Å². The van der Waals surface area contributed by atoms with Crippen molar-refractivity contribution in [2.75, 3.05) is 23.4 Å². The van der Waals surface area contributed by atoms with E-state index in [1.54, 1.807) is 12.1 Å². The Bertz CT molecular complexity index is 933. The summed E-state index contributed by atoms with van der Waals surface area (Å²) >= 11 is 5.71. The fourth-order valence-corrected chi connectivity index (χ4v) is 3.14. The summed E-state index contributed by atoms with van der Waals surface area (Å²) in [6.07, 6.45) is -3.73. The molecule has 3 rings (SSSR count). The van der Waals surface area contributed by atoms with Crippen LogP contribution in [0, 0.1) is 16.0 Å². The maximum absolute atomic E-state index is 12.8. The normalized spacial score (nSPS) is 15.0. The lowest BCUT2D eigenvalue weighted by Gasteiger charge is -2.31. The number of aromatic nitrogens is 2. The first-order chi connectivity index (χ1) is 14.1. The Labute approximate surface area is 173 Å². The van der Waals surface area contributed by atoms with Crippen molar-refractivity contribution < 1.29 is 22.9 Å². The third-order valence-electron chi connectivity index (χ3n) is 4.65. The monoisotopic (exact) mass is 444 g/mol. The number of benzene rings is 1. The second-order valence-corrected chi connectivity index (χ2v) is 6.96. The quantitative estimate of drug-likeness (QED) is 0.536. The lowest BCUT2D eigenvalue weighted by Crippen LogP contribution is -2.42. The standard InChI is InChI=1S/C17H16ClF3N6O3/c18-14-3-4-15(24-23-14)26-7-5-10(6-8-26)16(28)25-22-12-2-1-11(17(19,20)21)9-13(12)27(29)30/h1-4,9-10,22H,5-8H2,(H,25,28). The molecule has 2 N–H and O–H groups in total. The van der Waals surface area contributed by atoms with Crippen LogP contribution in [0.1, 0.15) is 18.4 Å². The summed E-state index contributed by atoms with van der Waals surface area (Å²) < 4.78 is 38.3. The number of carbonyl (C=O) groups excluding carboxylic acids is 1. The van der Waals surface area contributed by atoms with E-state index in [0.29, 0.717) is 43.9 Å². The first-order valence-corrected chi connectivity index (χ1v) is 9.18. The highest BCUT2D eigenvalue weighted by Gasteiger charge is 2.33. The topological polar surface area (TPSA) is 113 Å². The van der Waals surface area contributed by atoms with Gasteiger partial charge in [-0.1, -0.05) is 11.6 Å². The molecule has 1 saturated heterocycles. The molecule has 1 amide bonds. The Morgan fingerprint density at radius 2 is 1.90 bits per heavy atom. The Morgan fingerprint density at radius 1 is 1.20 bits per heavy atom. The molecule has 0 atom stereocenters. The number of halogens is 4. The van der Waals surface area contributed by atoms with E-state index in [2.05, 4.69) is 21.0 Å². The van der Waals surface area contributed by atoms with E-state index >= 15 is 0 Å². The molecule has 9 nitrogen and oxygen atoms in total. The number of hydrazine groups is 1. The molecule has 0 aliphatic carbocycles. The molecule has 2 aromatic rings. The zero-order valence-electron chi connectivity index (χ0n) is 15.3. The van der Waals surface area contributed by atoms with Gasteiger partial charge >= 0.3 is 6.18 Å². The Balaban J connectivity index is 1.58. The molecule has 1 aliphatic rings. The van der Waals surface area contributed by atoms with Crippen molar-refractivity contribution in [1.82, 2.24) is 15.6 Å². The van der Waals surface area contributed by atoms with Crippen LogP contribution in [0.4, 0.5) is 30.4 Å². The van der Waals surface area contributed by atoms with Gasteiger partial charge in [-0.15, -0.1) is 10.2 Å². The number of nitrogens with zero attached hydrogens (tertiary/aromatic N) is 4. The number of alkyl halides is 3. The first kappa shape index (κ1) is 21.6. The summed E-state index contributed by atoms with van der Waals surface area (Å²) in [5, 5.41) is 19.1. The number of nitro groups is 1. The predicted octanol–water partition coefficient (Wildman–Crippen LogP) is 3.42. The number of amides is 1. The number of piperidine rings is 1. The number of rotatable bonds is 5. The van der Waals surface area contributed by atoms with Gasteiger partial charge in [0.1, 0.15) is 5.69 Å². The van der Waals surface area contributed by atoms with Crippen LogP contribution in [0.2, 0.25) is 5.15 Å². The van der Waals surface area contributed by atoms with Crippen LogP contribution in [0.5, 0.6) is 0 Å². The van der Waals surface area contributed by atoms with Crippen molar-refractivity contribution in [3.63, 3.8) is 0 Å². The van der Waals surface area contributed by atoms with Crippen molar-refractivity contribution in [1.29, 1.82) is 0 Å². The number of nitro benzene ring substituents is 1. The van der Waals surface area contributed by atoms with Gasteiger partial charge in [-0.05, 0) is 37.1 Å². The lowest BCUT2D eigenvalue weighted by atomic mass is 9.96. The Hall–Kier alpha value is -3.15. The molecule has 1 fully saturated rings. The summed E-state index contributed by atoms with van der Waals surface area (Å²) in [4.78, 5) is 24.5. The molecule has 2 heterocycles. The Morgan fingerprint density at radius 3 is 2.47 bits per heavy atom. The molecule has 0 bridgehead atoms. The zero-order valence-corrected chi connectivity index (χ0v) is 16.1. The molecule has 1 aromatic heterocycles. The van der Waals surface area contributed by atoms with Gasteiger partial charge in [-0.3, -0.25) is 25.8 Å². The molecule has 1 aromatic carbocycles. The van der Waals surface area contributed by atoms with Crippen molar-refractivity contribution in [2.24, 2.45) is 5.92 Å². The number of hydrogen-bond acceptors (Lipinski definition) is 7. The van der Waals surface area contributed by atoms with E-state index in [1.165, 1.54) is 0 Å². The highest BCUT2D eigenvalue weighted by molar-refractivity contribution is 6.29. The number of anilines is 2. The third kappa shape index (κ3) is 5.06. The van der Waals surface area contributed by atoms with Gasteiger partial charge in [-0.25, -0.2) is 0 Å². The van der Waals surface area contributed by atoms with Crippen LogP contribution < -0.4 is 15.8 Å². The summed E-state index contributed by atoms with van der Waals surface area (Å²) in [5.74, 6) is -0.148. The van der Waals surface area contributed by atoms with Gasteiger partial charge in [0, 0.05) is 25.1 Å². The van der Waals surface area contributed by atoms with Gasteiger partial charge in [0.15, 0.2) is 11.0 Å². The van der Waals surface area contributed by atoms with Crippen LogP contribution in [0.25, 0.3) is 0 Å². The molecule has 0 unspecified atom stereocenters. The van der Waals surface area contributed by atoms with Crippen LogP contribution in [-0.4, -0.2) is 34.1 Å². The first-order valence-electron chi connectivity index (χ1n) is 8.81. The molecule has 13 heteroatoms. The maximum atomic E-state index is 12.8. The highest BCUT2D eigenvalue weighted by Crippen LogP contribution is 2.34. The largest absolute Gasteiger partial charge is 0.416 e. The molecule has 0 radical (unpaired) electrons. The average Bonchev–Trinajstić information content (AvgIpc) is 2.72. The van der Waals surface area contributed by atoms with E-state index < -0.39 is 28.3 Å². The molecule has 160 valence electrons. The van der Waals surface area contributed by atoms with Gasteiger partial charge in [0.2, 0.25) is 5.91 Å². The molecule has 0 spiro atoms. The maximum Gasteiger partial charge on any atom is 0.416 e. The summed E-state index contributed by atoms with van der Waals surface area (Å²) in [7, 11) is 0. The van der Waals surface area contributed by atoms with Crippen LogP contribution in [-0.2, 0) is 11.0 Å². The van der Waals surface area contributed by atoms with Gasteiger partial charge in [0.25, 0.3) is 5.69 Å². The minimum Gasteiger partial charge on any atom is -0.355 e. The van der Waals surface area contributed by atoms with E-state index in [4.69, 9.17) is 11.6 Å². The summed E-state index contributed by atoms with van der Waals surface area (Å²) in [5.41, 5.74) is 2.53. The zero-order chi connectivity index (χ0) is 21.9. The summed E-state index contributed by atoms with van der Waals surface area (Å²) in [6.45, 7) is 1.07. The van der Waals surface area contributed by atoms with Gasteiger partial charge in [-0.2, -0.15) is 13.2 Å². The molecule has 1 aliphatic heterocycles. The van der Waals surface area contributed by atoms with Crippen molar-refractivity contribution in [3.05, 3.63) is 51.2 Å². The minimum atomic E-state index is -4.71. The van der Waals surface area contributed by atoms with Crippen molar-refractivity contribution >= 4 is 34.7 Å². The van der Waals surface area contributed by atoms with Gasteiger partial charge in [0.05, 0.1) is 10.5 Å². The van der Waals surface area contributed by atoms with Crippen LogP contribution in [0.15, 0.2) is 30.3 Å². The molecule has 0 saturated carbocycles. The Kier molecular flexibility index (Phi) is 6.25. The van der Waals surface area contributed by atoms with E-state index in [-0.39, 0.29) is 16.8 Å². The SMILES string of the molecule is O=C(NNc1ccc(C(F)(F)F)cc1[N+](=O)[O-])C1CCN(c2ccc(Cl)nn2)CC1.